The summed E-state index contributed by atoms with van der Waals surface area (Å²) in [6, 6.07) is 0. The summed E-state index contributed by atoms with van der Waals surface area (Å²) in [5.41, 5.74) is -0.0659. The molecule has 0 aliphatic heterocycles. The van der Waals surface area contributed by atoms with Crippen LogP contribution in [0.15, 0.2) is 0 Å². The predicted octanol–water partition coefficient (Wildman–Crippen LogP) is 4.69. The molecule has 0 N–H and O–H groups in total. The summed E-state index contributed by atoms with van der Waals surface area (Å²) < 4.78 is 11.1. The Balaban J connectivity index is 3.17. The maximum absolute atomic E-state index is 5.57. The van der Waals surface area contributed by atoms with Crippen LogP contribution in [-0.2, 0) is 8.37 Å². The van der Waals surface area contributed by atoms with E-state index in [0.29, 0.717) is 0 Å². The van der Waals surface area contributed by atoms with Crippen molar-refractivity contribution in [2.24, 2.45) is 0 Å². The molecular weight excluding hydrogens is 240 g/mol. The van der Waals surface area contributed by atoms with Crippen LogP contribution in [0.1, 0.15) is 54.4 Å². The van der Waals surface area contributed by atoms with E-state index in [1.165, 1.54) is 12.8 Å². The van der Waals surface area contributed by atoms with Gasteiger partial charge < -0.3 is 8.37 Å². The van der Waals surface area contributed by atoms with Gasteiger partial charge in [0.2, 0.25) is 0 Å². The Morgan fingerprint density at radius 1 is 0.688 bits per heavy atom. The summed E-state index contributed by atoms with van der Waals surface area (Å²) in [7, 11) is 0. The van der Waals surface area contributed by atoms with Gasteiger partial charge in [-0.3, -0.25) is 0 Å². The second-order valence-electron chi connectivity index (χ2n) is 5.74. The minimum absolute atomic E-state index is 0.0330. The van der Waals surface area contributed by atoms with Gasteiger partial charge >= 0.3 is 0 Å². The van der Waals surface area contributed by atoms with Gasteiger partial charge in [-0.2, -0.15) is 0 Å². The Labute approximate surface area is 110 Å². The van der Waals surface area contributed by atoms with Crippen LogP contribution in [0.5, 0.6) is 0 Å². The van der Waals surface area contributed by atoms with E-state index in [2.05, 4.69) is 41.5 Å². The zero-order chi connectivity index (χ0) is 12.7. The van der Waals surface area contributed by atoms with Crippen molar-refractivity contribution in [1.82, 2.24) is 0 Å². The fourth-order valence-corrected chi connectivity index (χ4v) is 2.28. The first-order valence-corrected chi connectivity index (χ1v) is 7.64. The van der Waals surface area contributed by atoms with Gasteiger partial charge in [-0.05, 0) is 78.5 Å². The first kappa shape index (κ1) is 16.6. The molecule has 0 bridgehead atoms. The van der Waals surface area contributed by atoms with Crippen molar-refractivity contribution in [1.29, 1.82) is 0 Å². The third-order valence-electron chi connectivity index (χ3n) is 1.32. The molecule has 4 heteroatoms. The lowest BCUT2D eigenvalue weighted by Crippen LogP contribution is -2.15. The molecule has 98 valence electrons. The lowest BCUT2D eigenvalue weighted by Gasteiger charge is -2.18. The van der Waals surface area contributed by atoms with E-state index in [9.17, 15) is 0 Å². The third kappa shape index (κ3) is 14.6. The number of hydrogen-bond acceptors (Lipinski definition) is 4. The van der Waals surface area contributed by atoms with E-state index < -0.39 is 0 Å². The summed E-state index contributed by atoms with van der Waals surface area (Å²) in [4.78, 5) is 0. The van der Waals surface area contributed by atoms with Crippen LogP contribution in [0.4, 0.5) is 0 Å². The van der Waals surface area contributed by atoms with E-state index in [1.807, 2.05) is 0 Å². The van der Waals surface area contributed by atoms with Gasteiger partial charge in [0.1, 0.15) is 0 Å². The van der Waals surface area contributed by atoms with Crippen LogP contribution >= 0.6 is 24.1 Å². The molecule has 0 amide bonds. The summed E-state index contributed by atoms with van der Waals surface area (Å²) in [5.74, 6) is 2.13. The molecule has 0 spiro atoms. The topological polar surface area (TPSA) is 18.5 Å². The Morgan fingerprint density at radius 3 is 1.25 bits per heavy atom. The largest absolute Gasteiger partial charge is 0.310 e. The lowest BCUT2D eigenvalue weighted by molar-refractivity contribution is 0.163. The molecule has 0 saturated heterocycles. The second-order valence-corrected chi connectivity index (χ2v) is 7.36. The zero-order valence-corrected chi connectivity index (χ0v) is 13.1. The van der Waals surface area contributed by atoms with Crippen molar-refractivity contribution in [2.75, 3.05) is 11.5 Å². The highest BCUT2D eigenvalue weighted by atomic mass is 32.2. The van der Waals surface area contributed by atoms with Crippen LogP contribution in [0.25, 0.3) is 0 Å². The Hall–Kier alpha value is 0.620. The van der Waals surface area contributed by atoms with Crippen LogP contribution < -0.4 is 0 Å². The van der Waals surface area contributed by atoms with Crippen molar-refractivity contribution >= 4 is 24.1 Å². The quantitative estimate of drug-likeness (QED) is 0.491. The summed E-state index contributed by atoms with van der Waals surface area (Å²) in [6.07, 6.45) is 2.36. The molecular formula is C12H26O2S2. The van der Waals surface area contributed by atoms with Crippen molar-refractivity contribution < 1.29 is 8.37 Å². The standard InChI is InChI=1S/C12H26O2S2/c1-11(2,3)13-15-9-7-8-10-16-14-12(4,5)6/h7-10H2,1-6H3. The Bertz CT molecular complexity index is 151. The molecule has 0 aromatic carbocycles. The summed E-state index contributed by atoms with van der Waals surface area (Å²) >= 11 is 3.15. The maximum Gasteiger partial charge on any atom is 0.0745 e. The molecule has 0 aromatic heterocycles. The SMILES string of the molecule is CC(C)(C)OSCCCCSOC(C)(C)C. The van der Waals surface area contributed by atoms with Crippen molar-refractivity contribution in [3.63, 3.8) is 0 Å². The minimum Gasteiger partial charge on any atom is -0.310 e. The van der Waals surface area contributed by atoms with E-state index in [4.69, 9.17) is 8.37 Å². The molecule has 0 aromatic rings. The van der Waals surface area contributed by atoms with E-state index in [0.717, 1.165) is 11.5 Å². The molecule has 0 aliphatic rings. The highest BCUT2D eigenvalue weighted by molar-refractivity contribution is 7.95. The Morgan fingerprint density at radius 2 is 1.00 bits per heavy atom. The van der Waals surface area contributed by atoms with Gasteiger partial charge in [-0.1, -0.05) is 0 Å². The van der Waals surface area contributed by atoms with Gasteiger partial charge in [0.25, 0.3) is 0 Å². The van der Waals surface area contributed by atoms with Crippen molar-refractivity contribution in [3.05, 3.63) is 0 Å². The molecule has 0 aliphatic carbocycles. The van der Waals surface area contributed by atoms with E-state index in [1.54, 1.807) is 24.1 Å². The zero-order valence-electron chi connectivity index (χ0n) is 11.5. The molecule has 0 atom stereocenters. The van der Waals surface area contributed by atoms with Crippen molar-refractivity contribution in [2.45, 2.75) is 65.6 Å². The first-order valence-electron chi connectivity index (χ1n) is 5.82. The molecule has 0 radical (unpaired) electrons. The van der Waals surface area contributed by atoms with Gasteiger partial charge in [-0.15, -0.1) is 0 Å². The third-order valence-corrected chi connectivity index (χ3v) is 3.47. The smallest absolute Gasteiger partial charge is 0.0745 e. The number of hydrogen-bond donors (Lipinski definition) is 0. The molecule has 2 nitrogen and oxygen atoms in total. The molecule has 0 unspecified atom stereocenters. The molecule has 0 saturated carbocycles. The van der Waals surface area contributed by atoms with Crippen LogP contribution in [0.2, 0.25) is 0 Å². The first-order chi connectivity index (χ1) is 7.21. The molecule has 0 rings (SSSR count). The number of unbranched alkanes of at least 4 members (excludes halogenated alkanes) is 1. The minimum atomic E-state index is -0.0330. The van der Waals surface area contributed by atoms with Gasteiger partial charge in [0.15, 0.2) is 0 Å². The van der Waals surface area contributed by atoms with E-state index in [-0.39, 0.29) is 11.2 Å². The van der Waals surface area contributed by atoms with Crippen LogP contribution in [0, 0.1) is 0 Å². The average molecular weight is 266 g/mol. The van der Waals surface area contributed by atoms with Gasteiger partial charge in [0.05, 0.1) is 11.2 Å². The van der Waals surface area contributed by atoms with Gasteiger partial charge in [0, 0.05) is 11.5 Å². The monoisotopic (exact) mass is 266 g/mol. The second kappa shape index (κ2) is 7.85. The normalized spacial score (nSPS) is 13.1. The van der Waals surface area contributed by atoms with Crippen molar-refractivity contribution in [3.8, 4) is 0 Å². The highest BCUT2D eigenvalue weighted by Crippen LogP contribution is 2.20. The van der Waals surface area contributed by atoms with Crippen LogP contribution in [-0.4, -0.2) is 22.7 Å². The predicted molar refractivity (Wildman–Crippen MR) is 75.8 cm³/mol. The van der Waals surface area contributed by atoms with E-state index >= 15 is 0 Å². The number of rotatable bonds is 7. The average Bonchev–Trinajstić information content (AvgIpc) is 2.06. The summed E-state index contributed by atoms with van der Waals surface area (Å²) in [5, 5.41) is 0. The molecule has 16 heavy (non-hydrogen) atoms. The Kier molecular flexibility index (Phi) is 8.16. The highest BCUT2D eigenvalue weighted by Gasteiger charge is 2.11. The van der Waals surface area contributed by atoms with Crippen LogP contribution in [0.3, 0.4) is 0 Å². The van der Waals surface area contributed by atoms with Gasteiger partial charge in [-0.25, -0.2) is 0 Å². The summed E-state index contributed by atoms with van der Waals surface area (Å²) in [6.45, 7) is 12.5. The fraction of sp³-hybridized carbons (Fsp3) is 1.00. The molecule has 0 fully saturated rings. The molecule has 0 heterocycles. The fourth-order valence-electron chi connectivity index (χ4n) is 0.759. The lowest BCUT2D eigenvalue weighted by atomic mass is 10.2. The maximum atomic E-state index is 5.57.